The Morgan fingerprint density at radius 2 is 2.10 bits per heavy atom. The van der Waals surface area contributed by atoms with Gasteiger partial charge in [0.15, 0.2) is 0 Å². The van der Waals surface area contributed by atoms with Crippen molar-refractivity contribution in [3.8, 4) is 11.8 Å². The summed E-state index contributed by atoms with van der Waals surface area (Å²) in [5, 5.41) is 10.9. The second-order valence-corrected chi connectivity index (χ2v) is 6.86. The Morgan fingerprint density at radius 1 is 1.35 bits per heavy atom. The Balaban J connectivity index is 1.98. The molecule has 1 aliphatic carbocycles. The third-order valence-electron chi connectivity index (χ3n) is 4.26. The van der Waals surface area contributed by atoms with Crippen LogP contribution in [0.5, 0.6) is 0 Å². The van der Waals surface area contributed by atoms with Gasteiger partial charge in [0.25, 0.3) is 0 Å². The molecule has 0 amide bonds. The van der Waals surface area contributed by atoms with Gasteiger partial charge in [-0.25, -0.2) is 0 Å². The number of aliphatic hydroxyl groups excluding tert-OH is 1. The van der Waals surface area contributed by atoms with Crippen molar-refractivity contribution in [1.29, 1.82) is 0 Å². The standard InChI is InChI=1S/C16H24N2OS/c1-17(2)16(8-5-9-16)13-18(3)12-15-14(6-4-10-19)7-11-20-15/h7,11,19H,5,8-10,12-13H2,1-3H3. The van der Waals surface area contributed by atoms with E-state index < -0.39 is 0 Å². The molecule has 1 heterocycles. The first kappa shape index (κ1) is 15.5. The Labute approximate surface area is 126 Å². The van der Waals surface area contributed by atoms with Gasteiger partial charge in [-0.3, -0.25) is 4.90 Å². The molecule has 1 saturated carbocycles. The van der Waals surface area contributed by atoms with Crippen molar-refractivity contribution in [3.63, 3.8) is 0 Å². The summed E-state index contributed by atoms with van der Waals surface area (Å²) >= 11 is 1.75. The number of likely N-dealkylation sites (N-methyl/N-ethyl adjacent to an activating group) is 2. The first-order chi connectivity index (χ1) is 9.57. The summed E-state index contributed by atoms with van der Waals surface area (Å²) in [7, 11) is 6.57. The average molecular weight is 292 g/mol. The lowest BCUT2D eigenvalue weighted by Gasteiger charge is -2.49. The summed E-state index contributed by atoms with van der Waals surface area (Å²) in [6, 6.07) is 2.04. The Kier molecular flexibility index (Phi) is 5.22. The molecule has 0 radical (unpaired) electrons. The number of nitrogens with zero attached hydrogens (tertiary/aromatic N) is 2. The zero-order chi connectivity index (χ0) is 14.6. The predicted octanol–water partition coefficient (Wildman–Crippen LogP) is 2.01. The fraction of sp³-hybridized carbons (Fsp3) is 0.625. The fourth-order valence-electron chi connectivity index (χ4n) is 2.84. The van der Waals surface area contributed by atoms with Gasteiger partial charge in [0, 0.05) is 29.1 Å². The summed E-state index contributed by atoms with van der Waals surface area (Å²) < 4.78 is 0. The maximum absolute atomic E-state index is 8.81. The maximum Gasteiger partial charge on any atom is 0.104 e. The Bertz CT molecular complexity index is 494. The highest BCUT2D eigenvalue weighted by Crippen LogP contribution is 2.37. The minimum atomic E-state index is -0.0745. The molecule has 2 rings (SSSR count). The maximum atomic E-state index is 8.81. The summed E-state index contributed by atoms with van der Waals surface area (Å²) in [6.45, 7) is 1.96. The second kappa shape index (κ2) is 6.73. The first-order valence-electron chi connectivity index (χ1n) is 7.09. The minimum Gasteiger partial charge on any atom is -0.384 e. The molecule has 0 bridgehead atoms. The SMILES string of the molecule is CN(Cc1sccc1C#CCO)CC1(N(C)C)CCC1. The van der Waals surface area contributed by atoms with E-state index in [-0.39, 0.29) is 6.61 Å². The molecule has 0 aliphatic heterocycles. The molecule has 20 heavy (non-hydrogen) atoms. The van der Waals surface area contributed by atoms with Crippen LogP contribution in [0.25, 0.3) is 0 Å². The van der Waals surface area contributed by atoms with Crippen LogP contribution in [-0.4, -0.2) is 54.7 Å². The van der Waals surface area contributed by atoms with E-state index in [9.17, 15) is 0 Å². The average Bonchev–Trinajstić information content (AvgIpc) is 2.78. The van der Waals surface area contributed by atoms with Crippen LogP contribution >= 0.6 is 11.3 Å². The van der Waals surface area contributed by atoms with Gasteiger partial charge >= 0.3 is 0 Å². The highest BCUT2D eigenvalue weighted by molar-refractivity contribution is 7.10. The lowest BCUT2D eigenvalue weighted by atomic mass is 9.75. The largest absolute Gasteiger partial charge is 0.384 e. The number of thiophene rings is 1. The smallest absolute Gasteiger partial charge is 0.104 e. The van der Waals surface area contributed by atoms with E-state index in [4.69, 9.17) is 5.11 Å². The molecular formula is C16H24N2OS. The molecule has 0 spiro atoms. The molecule has 0 atom stereocenters. The van der Waals surface area contributed by atoms with Crippen molar-refractivity contribution in [3.05, 3.63) is 21.9 Å². The molecule has 0 saturated heterocycles. The second-order valence-electron chi connectivity index (χ2n) is 5.86. The fourth-order valence-corrected chi connectivity index (χ4v) is 3.75. The van der Waals surface area contributed by atoms with E-state index in [0.29, 0.717) is 5.54 Å². The normalized spacial score (nSPS) is 16.9. The van der Waals surface area contributed by atoms with E-state index in [2.05, 4.69) is 48.2 Å². The van der Waals surface area contributed by atoms with Gasteiger partial charge in [0.1, 0.15) is 6.61 Å². The van der Waals surface area contributed by atoms with E-state index in [0.717, 1.165) is 18.7 Å². The molecule has 3 nitrogen and oxygen atoms in total. The third kappa shape index (κ3) is 3.42. The van der Waals surface area contributed by atoms with Crippen molar-refractivity contribution in [2.24, 2.45) is 0 Å². The minimum absolute atomic E-state index is 0.0745. The highest BCUT2D eigenvalue weighted by atomic mass is 32.1. The van der Waals surface area contributed by atoms with Crippen LogP contribution in [0.15, 0.2) is 11.4 Å². The highest BCUT2D eigenvalue weighted by Gasteiger charge is 2.39. The van der Waals surface area contributed by atoms with Crippen LogP contribution in [-0.2, 0) is 6.54 Å². The lowest BCUT2D eigenvalue weighted by Crippen LogP contribution is -2.56. The van der Waals surface area contributed by atoms with Gasteiger partial charge in [0.05, 0.1) is 0 Å². The zero-order valence-electron chi connectivity index (χ0n) is 12.6. The van der Waals surface area contributed by atoms with Crippen LogP contribution in [0, 0.1) is 11.8 Å². The zero-order valence-corrected chi connectivity index (χ0v) is 13.5. The van der Waals surface area contributed by atoms with Crippen molar-refractivity contribution < 1.29 is 5.11 Å². The molecule has 1 N–H and O–H groups in total. The van der Waals surface area contributed by atoms with Gasteiger partial charge in [-0.05, 0) is 51.9 Å². The summed E-state index contributed by atoms with van der Waals surface area (Å²) in [4.78, 5) is 6.07. The molecule has 1 fully saturated rings. The van der Waals surface area contributed by atoms with E-state index >= 15 is 0 Å². The lowest BCUT2D eigenvalue weighted by molar-refractivity contribution is 0.0261. The Morgan fingerprint density at radius 3 is 2.65 bits per heavy atom. The predicted molar refractivity (Wildman–Crippen MR) is 84.9 cm³/mol. The van der Waals surface area contributed by atoms with Gasteiger partial charge in [-0.2, -0.15) is 0 Å². The van der Waals surface area contributed by atoms with Crippen LogP contribution < -0.4 is 0 Å². The monoisotopic (exact) mass is 292 g/mol. The summed E-state index contributed by atoms with van der Waals surface area (Å²) in [6.07, 6.45) is 3.94. The van der Waals surface area contributed by atoms with Crippen molar-refractivity contribution >= 4 is 11.3 Å². The molecule has 1 aromatic rings. The molecule has 0 aromatic carbocycles. The summed E-state index contributed by atoms with van der Waals surface area (Å²) in [5.74, 6) is 5.77. The summed E-state index contributed by atoms with van der Waals surface area (Å²) in [5.41, 5.74) is 1.42. The molecule has 1 aliphatic rings. The van der Waals surface area contributed by atoms with Gasteiger partial charge in [-0.15, -0.1) is 11.3 Å². The number of rotatable bonds is 5. The Hall–Kier alpha value is -0.860. The number of aliphatic hydroxyl groups is 1. The van der Waals surface area contributed by atoms with Crippen LogP contribution in [0.2, 0.25) is 0 Å². The first-order valence-corrected chi connectivity index (χ1v) is 7.97. The quantitative estimate of drug-likeness (QED) is 0.841. The molecule has 1 aromatic heterocycles. The van der Waals surface area contributed by atoms with Crippen molar-refractivity contribution in [2.75, 3.05) is 34.3 Å². The van der Waals surface area contributed by atoms with Crippen molar-refractivity contribution in [2.45, 2.75) is 31.3 Å². The number of hydrogen-bond donors (Lipinski definition) is 1. The van der Waals surface area contributed by atoms with E-state index in [1.807, 2.05) is 6.07 Å². The van der Waals surface area contributed by atoms with Crippen LogP contribution in [0.1, 0.15) is 29.7 Å². The molecule has 4 heteroatoms. The van der Waals surface area contributed by atoms with Gasteiger partial charge in [-0.1, -0.05) is 11.8 Å². The van der Waals surface area contributed by atoms with E-state index in [1.165, 1.54) is 24.1 Å². The topological polar surface area (TPSA) is 26.7 Å². The molecular weight excluding hydrogens is 268 g/mol. The van der Waals surface area contributed by atoms with Gasteiger partial charge in [0.2, 0.25) is 0 Å². The van der Waals surface area contributed by atoms with Gasteiger partial charge < -0.3 is 10.0 Å². The van der Waals surface area contributed by atoms with Crippen LogP contribution in [0.3, 0.4) is 0 Å². The van der Waals surface area contributed by atoms with Crippen LogP contribution in [0.4, 0.5) is 0 Å². The third-order valence-corrected chi connectivity index (χ3v) is 5.16. The molecule has 110 valence electrons. The number of hydrogen-bond acceptors (Lipinski definition) is 4. The van der Waals surface area contributed by atoms with E-state index in [1.54, 1.807) is 11.3 Å². The van der Waals surface area contributed by atoms with Crippen molar-refractivity contribution in [1.82, 2.24) is 9.80 Å². The molecule has 0 unspecified atom stereocenters.